The Hall–Kier alpha value is -3.55. The second kappa shape index (κ2) is 9.09. The van der Waals surface area contributed by atoms with E-state index < -0.39 is 12.0 Å². The maximum Gasteiger partial charge on any atom is 0.307 e. The van der Waals surface area contributed by atoms with Crippen LogP contribution >= 0.6 is 0 Å². The van der Waals surface area contributed by atoms with Gasteiger partial charge in [0.25, 0.3) is 0 Å². The first kappa shape index (κ1) is 20.2. The monoisotopic (exact) mass is 397 g/mol. The van der Waals surface area contributed by atoms with Crippen LogP contribution in [0.25, 0.3) is 5.65 Å². The van der Waals surface area contributed by atoms with Crippen molar-refractivity contribution in [3.8, 4) is 11.5 Å². The Balaban J connectivity index is 1.79. The third kappa shape index (κ3) is 4.84. The van der Waals surface area contributed by atoms with Crippen molar-refractivity contribution in [1.82, 2.24) is 14.7 Å². The molecule has 1 atom stereocenters. The van der Waals surface area contributed by atoms with Gasteiger partial charge in [-0.05, 0) is 29.8 Å². The zero-order valence-electron chi connectivity index (χ0n) is 16.5. The molecule has 8 nitrogen and oxygen atoms in total. The molecule has 8 heteroatoms. The molecule has 3 rings (SSSR count). The summed E-state index contributed by atoms with van der Waals surface area (Å²) in [7, 11) is 4.38. The van der Waals surface area contributed by atoms with Crippen LogP contribution in [0, 0.1) is 0 Å². The molecule has 1 amide bonds. The fraction of sp³-hybridized carbons (Fsp3) is 0.286. The number of hydrogen-bond acceptors (Lipinski definition) is 6. The summed E-state index contributed by atoms with van der Waals surface area (Å²) in [6.07, 6.45) is 3.75. The topological polar surface area (TPSA) is 91.2 Å². The van der Waals surface area contributed by atoms with E-state index in [0.29, 0.717) is 22.8 Å². The van der Waals surface area contributed by atoms with Gasteiger partial charge in [-0.25, -0.2) is 4.98 Å². The zero-order chi connectivity index (χ0) is 20.8. The largest absolute Gasteiger partial charge is 0.493 e. The van der Waals surface area contributed by atoms with Crippen molar-refractivity contribution in [2.75, 3.05) is 21.3 Å². The van der Waals surface area contributed by atoms with Crippen LogP contribution in [-0.4, -0.2) is 42.6 Å². The van der Waals surface area contributed by atoms with Gasteiger partial charge in [0.15, 0.2) is 11.5 Å². The molecular weight excluding hydrogens is 374 g/mol. The minimum Gasteiger partial charge on any atom is -0.493 e. The zero-order valence-corrected chi connectivity index (χ0v) is 16.5. The molecule has 3 aromatic rings. The Kier molecular flexibility index (Phi) is 6.33. The molecule has 1 aromatic carbocycles. The fourth-order valence-corrected chi connectivity index (χ4v) is 3.05. The van der Waals surface area contributed by atoms with Crippen molar-refractivity contribution in [3.05, 3.63) is 60.0 Å². The third-order valence-corrected chi connectivity index (χ3v) is 4.50. The quantitative estimate of drug-likeness (QED) is 0.587. The third-order valence-electron chi connectivity index (χ3n) is 4.50. The molecule has 0 fully saturated rings. The first-order valence-electron chi connectivity index (χ1n) is 9.04. The maximum absolute atomic E-state index is 12.7. The number of amides is 1. The molecule has 1 N–H and O–H groups in total. The number of carbonyl (C=O) groups is 2. The predicted octanol–water partition coefficient (Wildman–Crippen LogP) is 2.31. The molecule has 0 aliphatic carbocycles. The molecule has 0 aliphatic heterocycles. The van der Waals surface area contributed by atoms with Gasteiger partial charge in [-0.1, -0.05) is 12.1 Å². The summed E-state index contributed by atoms with van der Waals surface area (Å²) in [5.41, 5.74) is 2.11. The maximum atomic E-state index is 12.7. The molecule has 0 saturated heterocycles. The SMILES string of the molecule is COC(=O)C[C@@H](NC(=O)Cc1cn2ccccc2n1)c1ccc(OC)c(OC)c1. The number of rotatable bonds is 8. The summed E-state index contributed by atoms with van der Waals surface area (Å²) in [4.78, 5) is 29.0. The second-order valence-corrected chi connectivity index (χ2v) is 6.39. The lowest BCUT2D eigenvalue weighted by Crippen LogP contribution is -2.31. The van der Waals surface area contributed by atoms with E-state index in [0.717, 1.165) is 5.65 Å². The Morgan fingerprint density at radius 1 is 1.10 bits per heavy atom. The van der Waals surface area contributed by atoms with Crippen LogP contribution in [0.1, 0.15) is 23.7 Å². The van der Waals surface area contributed by atoms with Crippen LogP contribution in [0.4, 0.5) is 0 Å². The molecule has 0 aliphatic rings. The molecular formula is C21H23N3O5. The Labute approximate surface area is 168 Å². The van der Waals surface area contributed by atoms with Gasteiger partial charge >= 0.3 is 5.97 Å². The van der Waals surface area contributed by atoms with Gasteiger partial charge in [-0.15, -0.1) is 0 Å². The van der Waals surface area contributed by atoms with Crippen LogP contribution in [0.2, 0.25) is 0 Å². The van der Waals surface area contributed by atoms with Crippen molar-refractivity contribution in [1.29, 1.82) is 0 Å². The highest BCUT2D eigenvalue weighted by atomic mass is 16.5. The fourth-order valence-electron chi connectivity index (χ4n) is 3.05. The lowest BCUT2D eigenvalue weighted by molar-refractivity contribution is -0.141. The van der Waals surface area contributed by atoms with E-state index in [2.05, 4.69) is 10.3 Å². The number of nitrogens with zero attached hydrogens (tertiary/aromatic N) is 2. The van der Waals surface area contributed by atoms with Gasteiger partial charge in [0.2, 0.25) is 5.91 Å². The van der Waals surface area contributed by atoms with Crippen molar-refractivity contribution < 1.29 is 23.8 Å². The molecule has 0 spiro atoms. The first-order chi connectivity index (χ1) is 14.0. The summed E-state index contributed by atoms with van der Waals surface area (Å²) < 4.78 is 17.2. The number of ether oxygens (including phenoxy) is 3. The van der Waals surface area contributed by atoms with E-state index in [9.17, 15) is 9.59 Å². The lowest BCUT2D eigenvalue weighted by atomic mass is 10.0. The van der Waals surface area contributed by atoms with Crippen molar-refractivity contribution >= 4 is 17.5 Å². The molecule has 2 heterocycles. The number of esters is 1. The number of benzene rings is 1. The highest BCUT2D eigenvalue weighted by Gasteiger charge is 2.21. The Bertz CT molecular complexity index is 981. The number of pyridine rings is 1. The van der Waals surface area contributed by atoms with Gasteiger partial charge in [-0.3, -0.25) is 9.59 Å². The number of fused-ring (bicyclic) bond motifs is 1. The average molecular weight is 397 g/mol. The van der Waals surface area contributed by atoms with E-state index in [1.165, 1.54) is 14.2 Å². The highest BCUT2D eigenvalue weighted by Crippen LogP contribution is 2.31. The molecule has 29 heavy (non-hydrogen) atoms. The van der Waals surface area contributed by atoms with Crippen LogP contribution in [-0.2, 0) is 20.7 Å². The minimum absolute atomic E-state index is 0.0110. The van der Waals surface area contributed by atoms with E-state index in [1.54, 1.807) is 31.5 Å². The number of nitrogens with one attached hydrogen (secondary N) is 1. The normalized spacial score (nSPS) is 11.7. The van der Waals surface area contributed by atoms with Crippen molar-refractivity contribution in [3.63, 3.8) is 0 Å². The lowest BCUT2D eigenvalue weighted by Gasteiger charge is -2.19. The molecule has 0 unspecified atom stereocenters. The molecule has 0 saturated carbocycles. The van der Waals surface area contributed by atoms with E-state index >= 15 is 0 Å². The highest BCUT2D eigenvalue weighted by molar-refractivity contribution is 5.80. The first-order valence-corrected chi connectivity index (χ1v) is 9.04. The number of imidazole rings is 1. The van der Waals surface area contributed by atoms with Gasteiger partial charge in [0, 0.05) is 12.4 Å². The van der Waals surface area contributed by atoms with Gasteiger partial charge in [0.05, 0.1) is 45.9 Å². The van der Waals surface area contributed by atoms with Gasteiger partial charge < -0.3 is 23.9 Å². The minimum atomic E-state index is -0.577. The Morgan fingerprint density at radius 2 is 1.90 bits per heavy atom. The average Bonchev–Trinajstić information content (AvgIpc) is 3.14. The van der Waals surface area contributed by atoms with E-state index in [1.807, 2.05) is 28.8 Å². The molecule has 0 bridgehead atoms. The Morgan fingerprint density at radius 3 is 2.59 bits per heavy atom. The summed E-state index contributed by atoms with van der Waals surface area (Å²) >= 11 is 0. The van der Waals surface area contributed by atoms with Crippen molar-refractivity contribution in [2.24, 2.45) is 0 Å². The number of hydrogen-bond donors (Lipinski definition) is 1. The molecule has 2 aromatic heterocycles. The van der Waals surface area contributed by atoms with Crippen LogP contribution < -0.4 is 14.8 Å². The van der Waals surface area contributed by atoms with Crippen LogP contribution in [0.5, 0.6) is 11.5 Å². The number of aromatic nitrogens is 2. The summed E-state index contributed by atoms with van der Waals surface area (Å²) in [5, 5.41) is 2.89. The number of methoxy groups -OCH3 is 3. The second-order valence-electron chi connectivity index (χ2n) is 6.39. The van der Waals surface area contributed by atoms with Gasteiger partial charge in [0.1, 0.15) is 5.65 Å². The number of carbonyl (C=O) groups excluding carboxylic acids is 2. The predicted molar refractivity (Wildman–Crippen MR) is 106 cm³/mol. The van der Waals surface area contributed by atoms with Crippen LogP contribution in [0.3, 0.4) is 0 Å². The molecule has 0 radical (unpaired) electrons. The molecule has 152 valence electrons. The van der Waals surface area contributed by atoms with E-state index in [4.69, 9.17) is 14.2 Å². The summed E-state index contributed by atoms with van der Waals surface area (Å²) in [6.45, 7) is 0. The van der Waals surface area contributed by atoms with Crippen molar-refractivity contribution in [2.45, 2.75) is 18.9 Å². The summed E-state index contributed by atoms with van der Waals surface area (Å²) in [5.74, 6) is 0.383. The smallest absolute Gasteiger partial charge is 0.307 e. The van der Waals surface area contributed by atoms with Gasteiger partial charge in [-0.2, -0.15) is 0 Å². The summed E-state index contributed by atoms with van der Waals surface area (Å²) in [6, 6.07) is 10.3. The van der Waals surface area contributed by atoms with Crippen LogP contribution in [0.15, 0.2) is 48.8 Å². The standard InChI is InChI=1S/C21H23N3O5/c1-27-17-8-7-14(10-18(17)28-2)16(12-21(26)29-3)23-20(25)11-15-13-24-9-5-4-6-19(24)22-15/h4-10,13,16H,11-12H2,1-3H3,(H,23,25)/t16-/m1/s1. The van der Waals surface area contributed by atoms with E-state index in [-0.39, 0.29) is 18.7 Å².